The highest BCUT2D eigenvalue weighted by Crippen LogP contribution is 2.37. The van der Waals surface area contributed by atoms with E-state index in [9.17, 15) is 18.0 Å². The molecule has 24 heavy (non-hydrogen) atoms. The highest BCUT2D eigenvalue weighted by molar-refractivity contribution is 9.08. The summed E-state index contributed by atoms with van der Waals surface area (Å²) in [4.78, 5) is 11.1. The number of rotatable bonds is 4. The van der Waals surface area contributed by atoms with Crippen LogP contribution in [0.2, 0.25) is 10.0 Å². The number of anilines is 1. The number of ether oxygens (including phenoxy) is 1. The normalized spacial score (nSPS) is 11.2. The van der Waals surface area contributed by atoms with Crippen LogP contribution in [-0.2, 0) is 10.1 Å². The van der Waals surface area contributed by atoms with Gasteiger partial charge in [0.25, 0.3) is 0 Å². The molecular formula is C15H9BrCl2F3NO2. The van der Waals surface area contributed by atoms with Crippen LogP contribution in [0.1, 0.15) is 5.56 Å². The molecule has 9 heteroatoms. The average molecular weight is 443 g/mol. The van der Waals surface area contributed by atoms with Gasteiger partial charge < -0.3 is 10.1 Å². The zero-order chi connectivity index (χ0) is 17.9. The van der Waals surface area contributed by atoms with Gasteiger partial charge in [0.05, 0.1) is 10.0 Å². The molecule has 0 aliphatic heterocycles. The third kappa shape index (κ3) is 4.55. The lowest BCUT2D eigenvalue weighted by Crippen LogP contribution is -2.30. The minimum atomic E-state index is -5.00. The van der Waals surface area contributed by atoms with Gasteiger partial charge in [-0.15, -0.1) is 0 Å². The van der Waals surface area contributed by atoms with Gasteiger partial charge in [0.1, 0.15) is 11.5 Å². The number of halogens is 6. The summed E-state index contributed by atoms with van der Waals surface area (Å²) < 4.78 is 42.7. The van der Waals surface area contributed by atoms with Crippen molar-refractivity contribution >= 4 is 50.7 Å². The van der Waals surface area contributed by atoms with Crippen LogP contribution in [0.15, 0.2) is 36.4 Å². The Morgan fingerprint density at radius 2 is 1.79 bits per heavy atom. The summed E-state index contributed by atoms with van der Waals surface area (Å²) in [6.07, 6.45) is -5.00. The molecule has 0 saturated heterocycles. The van der Waals surface area contributed by atoms with E-state index in [2.05, 4.69) is 15.9 Å². The van der Waals surface area contributed by atoms with Gasteiger partial charge in [0.15, 0.2) is 0 Å². The van der Waals surface area contributed by atoms with Crippen LogP contribution >= 0.6 is 39.1 Å². The molecule has 0 aromatic heterocycles. The first-order valence-corrected chi connectivity index (χ1v) is 8.29. The molecule has 0 spiro atoms. The molecule has 2 aromatic rings. The minimum Gasteiger partial charge on any atom is -0.454 e. The molecule has 3 nitrogen and oxygen atoms in total. The SMILES string of the molecule is O=C(Nc1cc(Cl)c(Oc2ccccc2Cl)cc1CBr)C(F)(F)F. The zero-order valence-corrected chi connectivity index (χ0v) is 14.9. The second-order valence-corrected chi connectivity index (χ2v) is 5.93. The number of alkyl halides is 4. The van der Waals surface area contributed by atoms with Crippen molar-refractivity contribution in [2.24, 2.45) is 0 Å². The minimum absolute atomic E-state index is 0.0251. The van der Waals surface area contributed by atoms with Gasteiger partial charge in [-0.25, -0.2) is 0 Å². The topological polar surface area (TPSA) is 38.3 Å². The van der Waals surface area contributed by atoms with Crippen LogP contribution in [0.25, 0.3) is 0 Å². The Morgan fingerprint density at radius 1 is 1.12 bits per heavy atom. The van der Waals surface area contributed by atoms with Gasteiger partial charge in [-0.05, 0) is 29.8 Å². The monoisotopic (exact) mass is 441 g/mol. The van der Waals surface area contributed by atoms with E-state index in [0.29, 0.717) is 16.3 Å². The first-order valence-electron chi connectivity index (χ1n) is 6.41. The molecule has 2 rings (SSSR count). The summed E-state index contributed by atoms with van der Waals surface area (Å²) in [5, 5.41) is 2.34. The molecule has 0 aliphatic rings. The van der Waals surface area contributed by atoms with Crippen LogP contribution in [0.4, 0.5) is 18.9 Å². The third-order valence-electron chi connectivity index (χ3n) is 2.86. The Labute approximate surface area is 153 Å². The number of para-hydroxylation sites is 1. The zero-order valence-electron chi connectivity index (χ0n) is 11.8. The maximum Gasteiger partial charge on any atom is 0.471 e. The predicted molar refractivity (Wildman–Crippen MR) is 90.3 cm³/mol. The lowest BCUT2D eigenvalue weighted by atomic mass is 10.2. The number of benzene rings is 2. The molecule has 0 saturated carbocycles. The van der Waals surface area contributed by atoms with Crippen LogP contribution in [0.5, 0.6) is 11.5 Å². The van der Waals surface area contributed by atoms with E-state index < -0.39 is 12.1 Å². The molecule has 0 fully saturated rings. The molecule has 128 valence electrons. The fourth-order valence-electron chi connectivity index (χ4n) is 1.74. The summed E-state index contributed by atoms with van der Waals surface area (Å²) >= 11 is 15.2. The number of hydrogen-bond acceptors (Lipinski definition) is 2. The lowest BCUT2D eigenvalue weighted by molar-refractivity contribution is -0.167. The van der Waals surface area contributed by atoms with Gasteiger partial charge in [0.2, 0.25) is 0 Å². The van der Waals surface area contributed by atoms with Crippen molar-refractivity contribution in [3.63, 3.8) is 0 Å². The molecule has 0 radical (unpaired) electrons. The Bertz CT molecular complexity index is 769. The van der Waals surface area contributed by atoms with Crippen molar-refractivity contribution in [2.45, 2.75) is 11.5 Å². The molecule has 1 N–H and O–H groups in total. The fourth-order valence-corrected chi connectivity index (χ4v) is 2.58. The lowest BCUT2D eigenvalue weighted by Gasteiger charge is -2.15. The second kappa shape index (κ2) is 7.63. The number of carbonyl (C=O) groups excluding carboxylic acids is 1. The van der Waals surface area contributed by atoms with Crippen LogP contribution < -0.4 is 10.1 Å². The van der Waals surface area contributed by atoms with E-state index in [4.69, 9.17) is 27.9 Å². The standard InChI is InChI=1S/C15H9BrCl2F3NO2/c16-7-8-5-13(24-12-4-2-1-3-9(12)17)10(18)6-11(8)22-14(23)15(19,20)21/h1-6H,7H2,(H,22,23). The summed E-state index contributed by atoms with van der Waals surface area (Å²) in [6.45, 7) is 0. The first-order chi connectivity index (χ1) is 11.2. The van der Waals surface area contributed by atoms with E-state index in [1.165, 1.54) is 12.1 Å². The molecule has 1 amide bonds. The van der Waals surface area contributed by atoms with Crippen molar-refractivity contribution in [2.75, 3.05) is 5.32 Å². The average Bonchev–Trinajstić information content (AvgIpc) is 2.51. The maximum absolute atomic E-state index is 12.4. The maximum atomic E-state index is 12.4. The van der Waals surface area contributed by atoms with Crippen LogP contribution in [0, 0.1) is 0 Å². The van der Waals surface area contributed by atoms with Gasteiger partial charge in [-0.3, -0.25) is 4.79 Å². The summed E-state index contributed by atoms with van der Waals surface area (Å²) in [6, 6.07) is 9.27. The second-order valence-electron chi connectivity index (χ2n) is 4.56. The third-order valence-corrected chi connectivity index (χ3v) is 4.08. The van der Waals surface area contributed by atoms with Crippen molar-refractivity contribution < 1.29 is 22.7 Å². The number of nitrogens with one attached hydrogen (secondary N) is 1. The summed E-state index contributed by atoms with van der Waals surface area (Å²) in [7, 11) is 0. The molecule has 0 bridgehead atoms. The highest BCUT2D eigenvalue weighted by Gasteiger charge is 2.39. The summed E-state index contributed by atoms with van der Waals surface area (Å²) in [5.41, 5.74) is 0.296. The Hall–Kier alpha value is -1.44. The molecule has 0 heterocycles. The number of hydrogen-bond donors (Lipinski definition) is 1. The quantitative estimate of drug-likeness (QED) is 0.574. The van der Waals surface area contributed by atoms with E-state index in [0.717, 1.165) is 0 Å². The number of carbonyl (C=O) groups is 1. The van der Waals surface area contributed by atoms with E-state index in [1.54, 1.807) is 29.6 Å². The first kappa shape index (κ1) is 18.9. The fraction of sp³-hybridized carbons (Fsp3) is 0.133. The van der Waals surface area contributed by atoms with Gasteiger partial charge >= 0.3 is 12.1 Å². The van der Waals surface area contributed by atoms with E-state index in [-0.39, 0.29) is 21.8 Å². The van der Waals surface area contributed by atoms with Gasteiger partial charge in [-0.2, -0.15) is 13.2 Å². The molecule has 0 atom stereocenters. The van der Waals surface area contributed by atoms with Crippen molar-refractivity contribution in [1.29, 1.82) is 0 Å². The molecular weight excluding hydrogens is 434 g/mol. The largest absolute Gasteiger partial charge is 0.471 e. The molecule has 2 aromatic carbocycles. The highest BCUT2D eigenvalue weighted by atomic mass is 79.9. The van der Waals surface area contributed by atoms with Crippen molar-refractivity contribution in [3.05, 3.63) is 52.0 Å². The Kier molecular flexibility index (Phi) is 6.01. The smallest absolute Gasteiger partial charge is 0.454 e. The van der Waals surface area contributed by atoms with Crippen molar-refractivity contribution in [1.82, 2.24) is 0 Å². The van der Waals surface area contributed by atoms with E-state index in [1.807, 2.05) is 0 Å². The van der Waals surface area contributed by atoms with E-state index >= 15 is 0 Å². The number of amides is 1. The van der Waals surface area contributed by atoms with Crippen LogP contribution in [-0.4, -0.2) is 12.1 Å². The Balaban J connectivity index is 2.33. The molecule has 0 unspecified atom stereocenters. The molecule has 0 aliphatic carbocycles. The van der Waals surface area contributed by atoms with Gasteiger partial charge in [-0.1, -0.05) is 51.3 Å². The Morgan fingerprint density at radius 3 is 2.38 bits per heavy atom. The van der Waals surface area contributed by atoms with Crippen LogP contribution in [0.3, 0.4) is 0 Å². The van der Waals surface area contributed by atoms with Crippen molar-refractivity contribution in [3.8, 4) is 11.5 Å². The summed E-state index contributed by atoms with van der Waals surface area (Å²) in [5.74, 6) is -1.54. The predicted octanol–water partition coefficient (Wildman–Crippen LogP) is 6.18. The van der Waals surface area contributed by atoms with Gasteiger partial charge in [0, 0.05) is 11.0 Å².